The summed E-state index contributed by atoms with van der Waals surface area (Å²) in [5.41, 5.74) is 5.38. The molecule has 2 saturated carbocycles. The molecule has 1 heterocycles. The Labute approximate surface area is 296 Å². The van der Waals surface area contributed by atoms with Crippen molar-refractivity contribution in [3.05, 3.63) is 65.2 Å². The number of piperidine rings is 1. The van der Waals surface area contributed by atoms with Crippen LogP contribution >= 0.6 is 11.6 Å². The normalized spacial score (nSPS) is 18.2. The third-order valence-electron chi connectivity index (χ3n) is 8.81. The van der Waals surface area contributed by atoms with Gasteiger partial charge in [0, 0.05) is 24.7 Å². The Morgan fingerprint density at radius 2 is 1.45 bits per heavy atom. The lowest BCUT2D eigenvalue weighted by Gasteiger charge is -2.35. The van der Waals surface area contributed by atoms with Crippen molar-refractivity contribution in [1.82, 2.24) is 9.62 Å². The van der Waals surface area contributed by atoms with Crippen molar-refractivity contribution in [3.63, 3.8) is 0 Å². The Morgan fingerprint density at radius 3 is 2.06 bits per heavy atom. The second-order valence-corrected chi connectivity index (χ2v) is 14.9. The number of hydrogen-bond acceptors (Lipinski definition) is 7. The van der Waals surface area contributed by atoms with E-state index in [-0.39, 0.29) is 47.0 Å². The molecule has 1 amide bonds. The van der Waals surface area contributed by atoms with Crippen LogP contribution in [0.1, 0.15) is 56.9 Å². The van der Waals surface area contributed by atoms with Gasteiger partial charge in [-0.05, 0) is 98.5 Å². The predicted molar refractivity (Wildman–Crippen MR) is 177 cm³/mol. The zero-order valence-corrected chi connectivity index (χ0v) is 28.7. The summed E-state index contributed by atoms with van der Waals surface area (Å²) in [4.78, 5) is 23.6. The number of nitrogens with zero attached hydrogens (tertiary/aromatic N) is 1. The maximum absolute atomic E-state index is 16.4. The van der Waals surface area contributed by atoms with Gasteiger partial charge in [-0.2, -0.15) is 26.7 Å². The van der Waals surface area contributed by atoms with E-state index in [4.69, 9.17) is 36.7 Å². The summed E-state index contributed by atoms with van der Waals surface area (Å²) in [5, 5.41) is 8.61. The molecule has 4 N–H and O–H groups in total. The van der Waals surface area contributed by atoms with E-state index in [1.807, 2.05) is 6.07 Å². The fourth-order valence-corrected chi connectivity index (χ4v) is 7.17. The van der Waals surface area contributed by atoms with E-state index in [9.17, 15) is 26.4 Å². The van der Waals surface area contributed by atoms with Crippen molar-refractivity contribution in [2.24, 2.45) is 5.73 Å². The van der Waals surface area contributed by atoms with Crippen molar-refractivity contribution in [3.8, 4) is 11.5 Å². The Balaban J connectivity index is 0.000000654. The number of carboxylic acids is 1. The lowest BCUT2D eigenvalue weighted by Crippen LogP contribution is -2.58. The highest BCUT2D eigenvalue weighted by molar-refractivity contribution is 7.89. The molecule has 3 fully saturated rings. The highest BCUT2D eigenvalue weighted by atomic mass is 35.5. The van der Waals surface area contributed by atoms with Gasteiger partial charge >= 0.3 is 12.1 Å². The van der Waals surface area contributed by atoms with Crippen molar-refractivity contribution in [2.75, 3.05) is 13.1 Å². The van der Waals surface area contributed by atoms with Crippen molar-refractivity contribution in [1.29, 1.82) is 0 Å². The molecule has 3 aromatic carbocycles. The van der Waals surface area contributed by atoms with Crippen LogP contribution in [0.2, 0.25) is 5.02 Å². The van der Waals surface area contributed by atoms with Gasteiger partial charge < -0.3 is 25.2 Å². The first-order valence-corrected chi connectivity index (χ1v) is 18.2. The zero-order chi connectivity index (χ0) is 37.1. The molecule has 0 radical (unpaired) electrons. The molecule has 0 aromatic heterocycles. The maximum atomic E-state index is 16.4. The van der Waals surface area contributed by atoms with E-state index in [0.717, 1.165) is 56.0 Å². The van der Waals surface area contributed by atoms with Crippen LogP contribution in [0.3, 0.4) is 0 Å². The van der Waals surface area contributed by atoms with Gasteiger partial charge in [0.1, 0.15) is 11.5 Å². The number of carbonyl (C=O) groups excluding carboxylic acids is 1. The highest BCUT2D eigenvalue weighted by Gasteiger charge is 2.50. The number of likely N-dealkylation sites (tertiary alicyclic amines) is 1. The Morgan fingerprint density at radius 1 is 0.863 bits per heavy atom. The fraction of sp³-hybridized carbons (Fsp3) is 0.471. The lowest BCUT2D eigenvalue weighted by atomic mass is 9.98. The van der Waals surface area contributed by atoms with Gasteiger partial charge in [0.15, 0.2) is 6.04 Å². The molecule has 1 saturated heterocycles. The van der Waals surface area contributed by atoms with Crippen LogP contribution in [0.4, 0.5) is 22.0 Å². The summed E-state index contributed by atoms with van der Waals surface area (Å²) in [6.45, 7) is 0.290. The van der Waals surface area contributed by atoms with E-state index < -0.39 is 45.6 Å². The number of aliphatic carboxylic acids is 1. The van der Waals surface area contributed by atoms with Crippen LogP contribution in [-0.2, 0) is 25.5 Å². The molecule has 1 aliphatic heterocycles. The molecular formula is C34H37ClF5N3O7S. The molecular weight excluding hydrogens is 725 g/mol. The predicted octanol–water partition coefficient (Wildman–Crippen LogP) is 6.38. The molecule has 51 heavy (non-hydrogen) atoms. The van der Waals surface area contributed by atoms with Gasteiger partial charge in [0.2, 0.25) is 15.9 Å². The molecule has 3 aliphatic rings. The summed E-state index contributed by atoms with van der Waals surface area (Å²) in [7, 11) is -4.58. The quantitative estimate of drug-likeness (QED) is 0.202. The van der Waals surface area contributed by atoms with E-state index >= 15 is 8.78 Å². The molecule has 10 nitrogen and oxygen atoms in total. The molecule has 17 heteroatoms. The Bertz CT molecular complexity index is 1850. The standard InChI is InChI=1S/C32H36ClF2N3O5S.C2HF3O2/c33-28-12-7-22(19-29(28)43-25-9-10-25)32(34,35)30(31(39)38-15-13-23(36)14-16-38)37-44(40,41)27-11-6-20-17-26(8-5-21(20)18-27)42-24-3-1-2-4-24;3-2(4,5)1(6)7/h5-8,11-12,17-19,23-25,30,37H,1-4,9-10,13-16,36H2;(H,6,7)/t30-;/m1./s1. The molecule has 0 unspecified atom stereocenters. The number of nitrogens with one attached hydrogen (secondary N) is 1. The van der Waals surface area contributed by atoms with E-state index in [0.29, 0.717) is 24.0 Å². The van der Waals surface area contributed by atoms with Gasteiger partial charge in [-0.1, -0.05) is 29.8 Å². The van der Waals surface area contributed by atoms with Gasteiger partial charge in [0.05, 0.1) is 22.1 Å². The number of nitrogens with two attached hydrogens (primary N) is 1. The minimum Gasteiger partial charge on any atom is -0.490 e. The number of benzene rings is 3. The van der Waals surface area contributed by atoms with Gasteiger partial charge in [-0.3, -0.25) is 4.79 Å². The summed E-state index contributed by atoms with van der Waals surface area (Å²) in [6.07, 6.45) is 1.67. The van der Waals surface area contributed by atoms with Crippen molar-refractivity contribution in [2.45, 2.75) is 92.7 Å². The first-order valence-electron chi connectivity index (χ1n) is 16.4. The third-order valence-corrected chi connectivity index (χ3v) is 10.5. The number of fused-ring (bicyclic) bond motifs is 1. The van der Waals surface area contributed by atoms with Gasteiger partial charge in [-0.15, -0.1) is 0 Å². The average molecular weight is 762 g/mol. The first kappa shape index (κ1) is 38.5. The smallest absolute Gasteiger partial charge is 0.490 e. The van der Waals surface area contributed by atoms with Crippen LogP contribution in [-0.4, -0.2) is 73.9 Å². The molecule has 3 aromatic rings. The van der Waals surface area contributed by atoms with E-state index in [1.165, 1.54) is 23.1 Å². The second-order valence-electron chi connectivity index (χ2n) is 12.8. The van der Waals surface area contributed by atoms with Crippen LogP contribution in [0.25, 0.3) is 10.8 Å². The number of alkyl halides is 5. The molecule has 0 bridgehead atoms. The number of carbonyl (C=O) groups is 2. The number of sulfonamides is 1. The Kier molecular flexibility index (Phi) is 11.7. The van der Waals surface area contributed by atoms with E-state index in [2.05, 4.69) is 4.72 Å². The number of halogens is 6. The number of hydrogen-bond donors (Lipinski definition) is 3. The summed E-state index contributed by atoms with van der Waals surface area (Å²) >= 11 is 6.21. The van der Waals surface area contributed by atoms with Crippen molar-refractivity contribution >= 4 is 44.3 Å². The number of carboxylic acid groups (broad SMARTS) is 1. The second kappa shape index (κ2) is 15.5. The van der Waals surface area contributed by atoms with Crippen LogP contribution in [0, 0.1) is 0 Å². The number of ether oxygens (including phenoxy) is 2. The SMILES string of the molecule is NC1CCN(C(=O)[C@@H](NS(=O)(=O)c2ccc3cc(OC4CCCC4)ccc3c2)C(F)(F)c2ccc(Cl)c(OC3CC3)c2)CC1.O=C(O)C(F)(F)F. The number of amides is 1. The van der Waals surface area contributed by atoms with Gasteiger partial charge in [0.25, 0.3) is 5.92 Å². The largest absolute Gasteiger partial charge is 0.490 e. The van der Waals surface area contributed by atoms with Crippen molar-refractivity contribution < 1.29 is 54.5 Å². The van der Waals surface area contributed by atoms with Gasteiger partial charge in [-0.25, -0.2) is 13.2 Å². The number of rotatable bonds is 10. The monoisotopic (exact) mass is 761 g/mol. The maximum Gasteiger partial charge on any atom is 0.490 e. The minimum atomic E-state index is -5.08. The summed E-state index contributed by atoms with van der Waals surface area (Å²) in [5.74, 6) is -6.97. The van der Waals surface area contributed by atoms with E-state index in [1.54, 1.807) is 18.2 Å². The summed E-state index contributed by atoms with van der Waals surface area (Å²) in [6, 6.07) is 10.6. The third kappa shape index (κ3) is 9.78. The lowest BCUT2D eigenvalue weighted by molar-refractivity contribution is -0.192. The highest BCUT2D eigenvalue weighted by Crippen LogP contribution is 2.40. The zero-order valence-electron chi connectivity index (χ0n) is 27.2. The molecule has 2 aliphatic carbocycles. The van der Waals surface area contributed by atoms with Crippen LogP contribution in [0.5, 0.6) is 11.5 Å². The minimum absolute atomic E-state index is 0.0650. The first-order chi connectivity index (χ1) is 23.9. The molecule has 0 spiro atoms. The molecule has 278 valence electrons. The fourth-order valence-electron chi connectivity index (χ4n) is 5.78. The molecule has 1 atom stereocenters. The topological polar surface area (TPSA) is 148 Å². The van der Waals surface area contributed by atoms with Crippen LogP contribution in [0.15, 0.2) is 59.5 Å². The molecule has 6 rings (SSSR count). The summed E-state index contributed by atoms with van der Waals surface area (Å²) < 4.78 is 106. The van der Waals surface area contributed by atoms with Crippen LogP contribution < -0.4 is 19.9 Å². The average Bonchev–Trinajstić information content (AvgIpc) is 3.75. The Hall–Kier alpha value is -3.73.